The molecule has 3 fully saturated rings. The number of benzene rings is 1. The second-order valence-electron chi connectivity index (χ2n) is 12.7. The number of rotatable bonds is 11. The third-order valence-corrected chi connectivity index (χ3v) is 8.99. The number of nitrogens with one attached hydrogen (secondary N) is 3. The zero-order valence-corrected chi connectivity index (χ0v) is 24.5. The van der Waals surface area contributed by atoms with E-state index in [0.29, 0.717) is 30.1 Å². The van der Waals surface area contributed by atoms with Gasteiger partial charge in [-0.15, -0.1) is 0 Å². The van der Waals surface area contributed by atoms with Crippen LogP contribution >= 0.6 is 11.6 Å². The number of carbonyl (C=O) groups excluding carboxylic acids is 4. The van der Waals surface area contributed by atoms with Crippen LogP contribution in [0.5, 0.6) is 0 Å². The van der Waals surface area contributed by atoms with Crippen molar-refractivity contribution in [3.05, 3.63) is 34.9 Å². The fourth-order valence-corrected chi connectivity index (χ4v) is 7.00. The maximum absolute atomic E-state index is 13.4. The highest BCUT2D eigenvalue weighted by Gasteiger charge is 2.39. The maximum atomic E-state index is 13.4. The standard InChI is InChI=1S/C31H44ClN3O5/c1-31(2)18-23(28(37)35-31)17-25(19-36)33-29(38)26(16-20-8-4-3-5-9-20)34-30(39)40-27-13-7-11-22(27)14-21-10-6-12-24(32)15-21/h6,10,12,15,19-20,22-23,25-27H,3-5,7-9,11,13-14,16-18H2,1-2H3,(H,33,38)(H,34,39)(H,35,37)/t22?,23?,25-,26-,27?/m0/s1. The third kappa shape index (κ3) is 8.69. The van der Waals surface area contributed by atoms with Gasteiger partial charge in [-0.05, 0) is 82.4 Å². The summed E-state index contributed by atoms with van der Waals surface area (Å²) in [7, 11) is 0. The average Bonchev–Trinajstić information content (AvgIpc) is 3.44. The first-order valence-corrected chi connectivity index (χ1v) is 15.3. The van der Waals surface area contributed by atoms with Gasteiger partial charge < -0.3 is 25.5 Å². The van der Waals surface area contributed by atoms with E-state index in [-0.39, 0.29) is 35.8 Å². The van der Waals surface area contributed by atoms with E-state index in [4.69, 9.17) is 16.3 Å². The van der Waals surface area contributed by atoms with E-state index < -0.39 is 24.1 Å². The molecule has 0 radical (unpaired) electrons. The number of hydrogen-bond acceptors (Lipinski definition) is 5. The first-order chi connectivity index (χ1) is 19.1. The minimum absolute atomic E-state index is 0.101. The van der Waals surface area contributed by atoms with Crippen molar-refractivity contribution < 1.29 is 23.9 Å². The van der Waals surface area contributed by atoms with E-state index in [1.54, 1.807) is 0 Å². The van der Waals surface area contributed by atoms with E-state index >= 15 is 0 Å². The summed E-state index contributed by atoms with van der Waals surface area (Å²) in [6, 6.07) is 6.14. The molecular formula is C31H44ClN3O5. The predicted octanol–water partition coefficient (Wildman–Crippen LogP) is 5.10. The summed E-state index contributed by atoms with van der Waals surface area (Å²) < 4.78 is 5.89. The first-order valence-electron chi connectivity index (χ1n) is 14.9. The fourth-order valence-electron chi connectivity index (χ4n) is 6.78. The molecule has 1 saturated heterocycles. The summed E-state index contributed by atoms with van der Waals surface area (Å²) in [5, 5.41) is 9.27. The molecular weight excluding hydrogens is 530 g/mol. The van der Waals surface area contributed by atoms with Gasteiger partial charge in [0.05, 0.1) is 6.04 Å². The van der Waals surface area contributed by atoms with Crippen molar-refractivity contribution >= 4 is 35.8 Å². The molecule has 1 heterocycles. The van der Waals surface area contributed by atoms with E-state index in [0.717, 1.165) is 56.9 Å². The number of alkyl carbamates (subject to hydrolysis) is 1. The number of halogens is 1. The Balaban J connectivity index is 1.37. The molecule has 5 atom stereocenters. The molecule has 1 aromatic carbocycles. The molecule has 3 aliphatic rings. The van der Waals surface area contributed by atoms with Gasteiger partial charge in [-0.1, -0.05) is 55.8 Å². The number of ether oxygens (including phenoxy) is 1. The number of amides is 3. The fraction of sp³-hybridized carbons (Fsp3) is 0.677. The van der Waals surface area contributed by atoms with Crippen molar-refractivity contribution in [3.8, 4) is 0 Å². The van der Waals surface area contributed by atoms with Gasteiger partial charge >= 0.3 is 6.09 Å². The minimum atomic E-state index is -0.806. The van der Waals surface area contributed by atoms with Gasteiger partial charge in [0, 0.05) is 22.4 Å². The smallest absolute Gasteiger partial charge is 0.408 e. The highest BCUT2D eigenvalue weighted by atomic mass is 35.5. The molecule has 1 aromatic rings. The summed E-state index contributed by atoms with van der Waals surface area (Å²) in [6.45, 7) is 3.89. The molecule has 3 unspecified atom stereocenters. The number of hydrogen-bond donors (Lipinski definition) is 3. The quantitative estimate of drug-likeness (QED) is 0.319. The summed E-state index contributed by atoms with van der Waals surface area (Å²) >= 11 is 6.16. The Labute approximate surface area is 242 Å². The molecule has 8 nitrogen and oxygen atoms in total. The number of carbonyl (C=O) groups is 4. The molecule has 3 N–H and O–H groups in total. The van der Waals surface area contributed by atoms with E-state index in [1.165, 1.54) is 6.42 Å². The molecule has 2 aliphatic carbocycles. The van der Waals surface area contributed by atoms with Gasteiger partial charge in [0.15, 0.2) is 0 Å². The zero-order valence-electron chi connectivity index (χ0n) is 23.8. The van der Waals surface area contributed by atoms with Crippen LogP contribution in [0.25, 0.3) is 0 Å². The van der Waals surface area contributed by atoms with Crippen LogP contribution in [0.3, 0.4) is 0 Å². The van der Waals surface area contributed by atoms with Crippen LogP contribution in [0, 0.1) is 17.8 Å². The van der Waals surface area contributed by atoms with Gasteiger partial charge in [-0.2, -0.15) is 0 Å². The first kappa shape index (κ1) is 30.4. The van der Waals surface area contributed by atoms with Crippen LogP contribution in [0.4, 0.5) is 4.79 Å². The Kier molecular flexibility index (Phi) is 10.5. The van der Waals surface area contributed by atoms with Crippen molar-refractivity contribution in [2.75, 3.05) is 0 Å². The van der Waals surface area contributed by atoms with Crippen LogP contribution in [0.2, 0.25) is 5.02 Å². The molecule has 0 bridgehead atoms. The van der Waals surface area contributed by atoms with Gasteiger partial charge in [-0.25, -0.2) is 4.79 Å². The molecule has 0 aromatic heterocycles. The monoisotopic (exact) mass is 573 g/mol. The lowest BCUT2D eigenvalue weighted by Crippen LogP contribution is -2.52. The Morgan fingerprint density at radius 2 is 1.88 bits per heavy atom. The zero-order chi connectivity index (χ0) is 28.7. The lowest BCUT2D eigenvalue weighted by molar-refractivity contribution is -0.127. The maximum Gasteiger partial charge on any atom is 0.408 e. The Bertz CT molecular complexity index is 1060. The summed E-state index contributed by atoms with van der Waals surface area (Å²) in [4.78, 5) is 50.8. The topological polar surface area (TPSA) is 114 Å². The van der Waals surface area contributed by atoms with Crippen LogP contribution in [0.15, 0.2) is 24.3 Å². The summed E-state index contributed by atoms with van der Waals surface area (Å²) in [5.74, 6) is -0.340. The molecule has 0 spiro atoms. The summed E-state index contributed by atoms with van der Waals surface area (Å²) in [5.41, 5.74) is 0.779. The number of aldehydes is 1. The highest BCUT2D eigenvalue weighted by molar-refractivity contribution is 6.30. The Morgan fingerprint density at radius 1 is 1.10 bits per heavy atom. The van der Waals surface area contributed by atoms with Gasteiger partial charge in [0.25, 0.3) is 0 Å². The SMILES string of the molecule is CC1(C)CC(C[C@@H](C=O)NC(=O)[C@H](CC2CCCCC2)NC(=O)OC2CCCC2Cc2cccc(Cl)c2)C(=O)N1. The van der Waals surface area contributed by atoms with Crippen LogP contribution in [0.1, 0.15) is 90.0 Å². The van der Waals surface area contributed by atoms with Crippen LogP contribution < -0.4 is 16.0 Å². The van der Waals surface area contributed by atoms with E-state index in [1.807, 2.05) is 38.1 Å². The predicted molar refractivity (Wildman–Crippen MR) is 154 cm³/mol. The molecule has 4 rings (SSSR count). The van der Waals surface area contributed by atoms with Crippen molar-refractivity contribution in [1.29, 1.82) is 0 Å². The molecule has 2 saturated carbocycles. The van der Waals surface area contributed by atoms with Crippen molar-refractivity contribution in [3.63, 3.8) is 0 Å². The summed E-state index contributed by atoms with van der Waals surface area (Å²) in [6.07, 6.45) is 10.1. The van der Waals surface area contributed by atoms with Gasteiger partial charge in [-0.3, -0.25) is 9.59 Å². The second-order valence-corrected chi connectivity index (χ2v) is 13.1. The minimum Gasteiger partial charge on any atom is -0.446 e. The largest absolute Gasteiger partial charge is 0.446 e. The van der Waals surface area contributed by atoms with Crippen LogP contribution in [-0.4, -0.2) is 47.9 Å². The second kappa shape index (κ2) is 13.8. The van der Waals surface area contributed by atoms with Gasteiger partial charge in [0.2, 0.25) is 11.8 Å². The van der Waals surface area contributed by atoms with Crippen molar-refractivity contribution in [2.45, 2.75) is 115 Å². The molecule has 1 aliphatic heterocycles. The normalized spacial score (nSPS) is 26.0. The van der Waals surface area contributed by atoms with Gasteiger partial charge in [0.1, 0.15) is 18.4 Å². The van der Waals surface area contributed by atoms with Crippen molar-refractivity contribution in [2.24, 2.45) is 17.8 Å². The molecule has 40 heavy (non-hydrogen) atoms. The highest BCUT2D eigenvalue weighted by Crippen LogP contribution is 2.32. The Morgan fingerprint density at radius 3 is 2.55 bits per heavy atom. The van der Waals surface area contributed by atoms with E-state index in [9.17, 15) is 19.2 Å². The molecule has 220 valence electrons. The Hall–Kier alpha value is -2.61. The van der Waals surface area contributed by atoms with E-state index in [2.05, 4.69) is 16.0 Å². The van der Waals surface area contributed by atoms with Crippen molar-refractivity contribution in [1.82, 2.24) is 16.0 Å². The average molecular weight is 574 g/mol. The van der Waals surface area contributed by atoms with Crippen LogP contribution in [-0.2, 0) is 25.5 Å². The lowest BCUT2D eigenvalue weighted by Gasteiger charge is -2.28. The lowest BCUT2D eigenvalue weighted by atomic mass is 9.84. The third-order valence-electron chi connectivity index (χ3n) is 8.76. The molecule has 9 heteroatoms. The molecule has 3 amide bonds.